The molecule has 3 heterocycles. The molecular formula is C35H35FN4O5. The van der Waals surface area contributed by atoms with E-state index in [0.717, 1.165) is 44.8 Å². The lowest BCUT2D eigenvalue weighted by Crippen LogP contribution is -2.37. The number of benzene rings is 3. The van der Waals surface area contributed by atoms with Crippen LogP contribution in [0.1, 0.15) is 12.0 Å². The number of hydrogen-bond acceptors (Lipinski definition) is 9. The molecule has 5 aromatic rings. The maximum atomic E-state index is 15.3. The Morgan fingerprint density at radius 2 is 1.69 bits per heavy atom. The lowest BCUT2D eigenvalue weighted by atomic mass is 10.1. The summed E-state index contributed by atoms with van der Waals surface area (Å²) in [6, 6.07) is 23.4. The number of hydrogen-bond donors (Lipinski definition) is 1. The Kier molecular flexibility index (Phi) is 9.83. The van der Waals surface area contributed by atoms with Crippen LogP contribution >= 0.6 is 0 Å². The summed E-state index contributed by atoms with van der Waals surface area (Å²) in [6.07, 6.45) is 4.15. The quantitative estimate of drug-likeness (QED) is 0.142. The first kappa shape index (κ1) is 30.1. The molecule has 0 radical (unpaired) electrons. The molecule has 0 amide bonds. The molecule has 10 heteroatoms. The van der Waals surface area contributed by atoms with E-state index in [1.807, 2.05) is 42.5 Å². The second kappa shape index (κ2) is 14.7. The first-order valence-corrected chi connectivity index (χ1v) is 14.9. The number of methoxy groups -OCH3 is 1. The van der Waals surface area contributed by atoms with Crippen molar-refractivity contribution in [2.45, 2.75) is 13.0 Å². The van der Waals surface area contributed by atoms with Crippen LogP contribution in [0.4, 0.5) is 15.9 Å². The number of nitrogens with one attached hydrogen (secondary N) is 1. The highest BCUT2D eigenvalue weighted by Crippen LogP contribution is 2.38. The topological polar surface area (TPSA) is 87.2 Å². The molecule has 232 valence electrons. The Hall–Kier alpha value is -4.93. The van der Waals surface area contributed by atoms with Gasteiger partial charge >= 0.3 is 0 Å². The third-order valence-electron chi connectivity index (χ3n) is 7.39. The van der Waals surface area contributed by atoms with Crippen molar-refractivity contribution in [1.29, 1.82) is 0 Å². The van der Waals surface area contributed by atoms with Gasteiger partial charge in [0.2, 0.25) is 0 Å². The van der Waals surface area contributed by atoms with E-state index in [1.54, 1.807) is 49.8 Å². The van der Waals surface area contributed by atoms with Crippen LogP contribution in [0.3, 0.4) is 0 Å². The zero-order valence-corrected chi connectivity index (χ0v) is 25.1. The summed E-state index contributed by atoms with van der Waals surface area (Å²) in [7, 11) is 1.59. The van der Waals surface area contributed by atoms with E-state index >= 15 is 4.39 Å². The smallest absolute Gasteiger partial charge is 0.173 e. The van der Waals surface area contributed by atoms with E-state index in [-0.39, 0.29) is 5.75 Å². The van der Waals surface area contributed by atoms with Gasteiger partial charge in [0.05, 0.1) is 32.4 Å². The fourth-order valence-corrected chi connectivity index (χ4v) is 5.04. The average molecular weight is 611 g/mol. The molecule has 45 heavy (non-hydrogen) atoms. The summed E-state index contributed by atoms with van der Waals surface area (Å²) in [5.74, 6) is 2.15. The minimum Gasteiger partial charge on any atom is -0.493 e. The van der Waals surface area contributed by atoms with Gasteiger partial charge in [-0.15, -0.1) is 0 Å². The molecule has 0 bridgehead atoms. The van der Waals surface area contributed by atoms with Crippen LogP contribution in [-0.4, -0.2) is 61.4 Å². The third kappa shape index (κ3) is 7.78. The molecule has 0 unspecified atom stereocenters. The maximum absolute atomic E-state index is 15.3. The van der Waals surface area contributed by atoms with Crippen LogP contribution in [0.15, 0.2) is 91.3 Å². The van der Waals surface area contributed by atoms with Gasteiger partial charge in [0, 0.05) is 55.2 Å². The van der Waals surface area contributed by atoms with Crippen LogP contribution < -0.4 is 24.3 Å². The molecule has 1 saturated heterocycles. The molecule has 0 aliphatic carbocycles. The van der Waals surface area contributed by atoms with Crippen molar-refractivity contribution in [3.05, 3.63) is 103 Å². The number of aromatic nitrogens is 2. The number of morpholine rings is 1. The minimum atomic E-state index is -0.542. The van der Waals surface area contributed by atoms with Gasteiger partial charge in [0.25, 0.3) is 0 Å². The Bertz CT molecular complexity index is 1720. The van der Waals surface area contributed by atoms with E-state index in [2.05, 4.69) is 20.2 Å². The predicted molar refractivity (Wildman–Crippen MR) is 170 cm³/mol. The molecule has 0 spiro atoms. The van der Waals surface area contributed by atoms with Gasteiger partial charge in [-0.2, -0.15) is 0 Å². The fourth-order valence-electron chi connectivity index (χ4n) is 5.04. The van der Waals surface area contributed by atoms with E-state index < -0.39 is 5.82 Å². The molecule has 6 rings (SSSR count). The van der Waals surface area contributed by atoms with Crippen molar-refractivity contribution in [2.75, 3.05) is 51.9 Å². The standard InChI is InChI=1S/C35H35FN4O5/c1-41-33-22-27-29(23-34(33)43-18-6-15-40-16-19-42-20-17-40)37-14-12-30(27)45-31-11-10-26(21-28(31)36)39-35-32(9-5-13-38-35)44-24-25-7-3-2-4-8-25/h2-5,7-14,21-23H,6,15-20,24H2,1H3,(H,38,39). The molecule has 9 nitrogen and oxygen atoms in total. The molecule has 1 N–H and O–H groups in total. The molecule has 0 atom stereocenters. The number of ether oxygens (including phenoxy) is 5. The second-order valence-electron chi connectivity index (χ2n) is 10.5. The molecule has 1 aliphatic heterocycles. The van der Waals surface area contributed by atoms with Gasteiger partial charge in [0.1, 0.15) is 12.4 Å². The van der Waals surface area contributed by atoms with Crippen molar-refractivity contribution in [1.82, 2.24) is 14.9 Å². The summed E-state index contributed by atoms with van der Waals surface area (Å²) in [5, 5.41) is 3.82. The van der Waals surface area contributed by atoms with Gasteiger partial charge in [-0.05, 0) is 48.4 Å². The van der Waals surface area contributed by atoms with Gasteiger partial charge in [-0.25, -0.2) is 9.37 Å². The van der Waals surface area contributed by atoms with Gasteiger partial charge in [0.15, 0.2) is 34.6 Å². The Balaban J connectivity index is 1.12. The minimum absolute atomic E-state index is 0.0667. The monoisotopic (exact) mass is 610 g/mol. The summed E-state index contributed by atoms with van der Waals surface area (Å²) in [5.41, 5.74) is 2.18. The number of halogens is 1. The summed E-state index contributed by atoms with van der Waals surface area (Å²) < 4.78 is 44.5. The van der Waals surface area contributed by atoms with Gasteiger partial charge in [-0.3, -0.25) is 9.88 Å². The van der Waals surface area contributed by atoms with Crippen LogP contribution in [0.5, 0.6) is 28.7 Å². The summed E-state index contributed by atoms with van der Waals surface area (Å²) >= 11 is 0. The van der Waals surface area contributed by atoms with E-state index in [0.29, 0.717) is 58.6 Å². The molecule has 1 fully saturated rings. The highest BCUT2D eigenvalue weighted by Gasteiger charge is 2.15. The third-order valence-corrected chi connectivity index (χ3v) is 7.39. The zero-order valence-electron chi connectivity index (χ0n) is 25.1. The SMILES string of the molecule is COc1cc2c(Oc3ccc(Nc4ncccc4OCc4ccccc4)cc3F)ccnc2cc1OCCCN1CCOCC1. The molecule has 1 aliphatic rings. The lowest BCUT2D eigenvalue weighted by Gasteiger charge is -2.26. The number of rotatable bonds is 13. The van der Waals surface area contributed by atoms with E-state index in [4.69, 9.17) is 23.7 Å². The number of pyridine rings is 2. The van der Waals surface area contributed by atoms with Crippen molar-refractivity contribution in [3.63, 3.8) is 0 Å². The maximum Gasteiger partial charge on any atom is 0.173 e. The highest BCUT2D eigenvalue weighted by molar-refractivity contribution is 5.88. The van der Waals surface area contributed by atoms with Crippen molar-refractivity contribution >= 4 is 22.4 Å². The first-order chi connectivity index (χ1) is 22.2. The molecule has 2 aromatic heterocycles. The second-order valence-corrected chi connectivity index (χ2v) is 10.5. The first-order valence-electron chi connectivity index (χ1n) is 14.9. The van der Waals surface area contributed by atoms with Crippen LogP contribution in [-0.2, 0) is 11.3 Å². The van der Waals surface area contributed by atoms with E-state index in [1.165, 1.54) is 6.07 Å². The summed E-state index contributed by atoms with van der Waals surface area (Å²) in [4.78, 5) is 11.2. The van der Waals surface area contributed by atoms with Crippen LogP contribution in [0.25, 0.3) is 10.9 Å². The summed E-state index contributed by atoms with van der Waals surface area (Å²) in [6.45, 7) is 5.31. The Morgan fingerprint density at radius 1 is 0.822 bits per heavy atom. The van der Waals surface area contributed by atoms with Crippen molar-refractivity contribution < 1.29 is 28.1 Å². The normalized spacial score (nSPS) is 13.4. The number of anilines is 2. The van der Waals surface area contributed by atoms with E-state index in [9.17, 15) is 0 Å². The lowest BCUT2D eigenvalue weighted by molar-refractivity contribution is 0.0357. The number of nitrogens with zero attached hydrogens (tertiary/aromatic N) is 3. The largest absolute Gasteiger partial charge is 0.493 e. The molecular weight excluding hydrogens is 575 g/mol. The Morgan fingerprint density at radius 3 is 2.51 bits per heavy atom. The van der Waals surface area contributed by atoms with Crippen molar-refractivity contribution in [2.24, 2.45) is 0 Å². The fraction of sp³-hybridized carbons (Fsp3) is 0.257. The van der Waals surface area contributed by atoms with Crippen LogP contribution in [0, 0.1) is 5.82 Å². The highest BCUT2D eigenvalue weighted by atomic mass is 19.1. The number of fused-ring (bicyclic) bond motifs is 1. The molecule has 0 saturated carbocycles. The van der Waals surface area contributed by atoms with Gasteiger partial charge in [-0.1, -0.05) is 30.3 Å². The average Bonchev–Trinajstić information content (AvgIpc) is 3.08. The Labute approximate surface area is 261 Å². The predicted octanol–water partition coefficient (Wildman–Crippen LogP) is 6.99. The zero-order chi connectivity index (χ0) is 30.8. The molecule has 3 aromatic carbocycles. The van der Waals surface area contributed by atoms with Crippen LogP contribution in [0.2, 0.25) is 0 Å². The van der Waals surface area contributed by atoms with Crippen molar-refractivity contribution in [3.8, 4) is 28.7 Å². The van der Waals surface area contributed by atoms with Gasteiger partial charge < -0.3 is 29.0 Å².